The normalized spacial score (nSPS) is 12.5. The minimum atomic E-state index is -1.41. The van der Waals surface area contributed by atoms with Gasteiger partial charge in [0.05, 0.1) is 66.1 Å². The molecule has 133 heavy (non-hydrogen) atoms. The molecular weight excluding hydrogens is 1750 g/mol. The molecule has 0 unspecified atom stereocenters. The van der Waals surface area contributed by atoms with Crippen molar-refractivity contribution in [2.45, 2.75) is 323 Å². The second-order valence-corrected chi connectivity index (χ2v) is 33.7. The van der Waals surface area contributed by atoms with Gasteiger partial charge in [0.15, 0.2) is 5.78 Å². The smallest absolute Gasteiger partial charge is 0.326 e. The zero-order valence-corrected chi connectivity index (χ0v) is 79.6. The molecule has 0 bridgehead atoms. The topological polar surface area (TPSA) is 616 Å². The molecular formula is C92H162N8O33. The van der Waals surface area contributed by atoms with Crippen molar-refractivity contribution in [1.29, 1.82) is 0 Å². The van der Waals surface area contributed by atoms with Crippen LogP contribution in [0, 0.1) is 17.3 Å². The number of ketones is 5. The van der Waals surface area contributed by atoms with Crippen molar-refractivity contribution in [3.05, 3.63) is 0 Å². The first kappa shape index (κ1) is 126. The molecule has 0 fully saturated rings. The number of hydrogen-bond donors (Lipinski definition) is 14. The summed E-state index contributed by atoms with van der Waals surface area (Å²) in [5, 5.41) is 75.7. The molecule has 0 aliphatic heterocycles. The number of rotatable bonds is 91. The zero-order chi connectivity index (χ0) is 99.7. The van der Waals surface area contributed by atoms with E-state index in [1.54, 1.807) is 6.92 Å². The van der Waals surface area contributed by atoms with Crippen molar-refractivity contribution >= 4 is 112 Å². The Kier molecular flexibility index (Phi) is 78.6. The molecule has 0 spiro atoms. The Morgan fingerprint density at radius 2 is 0.594 bits per heavy atom. The second kappa shape index (κ2) is 83.2. The lowest BCUT2D eigenvalue weighted by Gasteiger charge is -2.22. The Hall–Kier alpha value is -9.39. The van der Waals surface area contributed by atoms with Gasteiger partial charge in [-0.1, -0.05) is 131 Å². The van der Waals surface area contributed by atoms with Crippen molar-refractivity contribution in [2.75, 3.05) is 132 Å². The van der Waals surface area contributed by atoms with Crippen LogP contribution in [0.2, 0.25) is 0 Å². The Morgan fingerprint density at radius 3 is 0.955 bits per heavy atom. The van der Waals surface area contributed by atoms with Gasteiger partial charge >= 0.3 is 35.8 Å². The standard InChI is InChI=1S/C52H88N4O18.C40H70N4O15.2H2/c1-37(38(2)57)33-43(59)39(34-44(60)52(3,4)5)17-14-15-25-53-48(64)36-74-32-29-71-27-16-18-40(58)35-73-31-30-72-28-26-54-45(61)23-21-41(50(67)68)56-47(63)24-22-42(51(69)70)55-46(62)19-12-10-8-6-7-9-11-13-20-49(65)66;1-2-3-12-21-41-36(48)29-59-28-26-57-24-22-42-37(49)30-58-27-25-56-23-13-14-31(45)17-18-32(39(52)53)44-35(47)20-19-33(40(54)55)43-34(46)15-10-8-6-4-5-7-9-11-16-38(50)51;;/h37,39,41-42H,6-36H2,1-5H3,(H,53,64)(H,54,61)(H,55,62)(H,56,63)(H,65,66)(H,67,68)(H,69,70);32-33H,2-30H2,1H3,(H,41,48)(H,42,49)(H,43,46)(H,44,47)(H,50,51)(H,52,53)(H,54,55);2*1H/t37-,39-,41+,42+;32-,33-;;/m10../s1. The maximum absolute atomic E-state index is 12.9. The first-order valence-electron chi connectivity index (χ1n) is 47.2. The van der Waals surface area contributed by atoms with Crippen LogP contribution in [0.15, 0.2) is 0 Å². The van der Waals surface area contributed by atoms with Crippen molar-refractivity contribution in [2.24, 2.45) is 17.3 Å². The summed E-state index contributed by atoms with van der Waals surface area (Å²) in [6.45, 7) is 14.2. The predicted octanol–water partition coefficient (Wildman–Crippen LogP) is 7.30. The summed E-state index contributed by atoms with van der Waals surface area (Å²) in [5.74, 6) is -12.0. The summed E-state index contributed by atoms with van der Waals surface area (Å²) < 4.78 is 42.8. The fraction of sp³-hybridized carbons (Fsp3) is 0.793. The molecule has 768 valence electrons. The molecule has 0 radical (unpaired) electrons. The van der Waals surface area contributed by atoms with Gasteiger partial charge in [-0.15, -0.1) is 0 Å². The van der Waals surface area contributed by atoms with Crippen LogP contribution < -0.4 is 42.5 Å². The number of Topliss-reactive ketones (excluding diaryl/α,β-unsaturated/α-hetero) is 5. The number of aliphatic carboxylic acids is 6. The summed E-state index contributed by atoms with van der Waals surface area (Å²) in [5.41, 5.74) is -0.570. The van der Waals surface area contributed by atoms with E-state index in [1.807, 2.05) is 20.8 Å². The third kappa shape index (κ3) is 80.8. The van der Waals surface area contributed by atoms with E-state index in [4.69, 9.17) is 48.1 Å². The van der Waals surface area contributed by atoms with E-state index in [0.717, 1.165) is 96.3 Å². The minimum Gasteiger partial charge on any atom is -0.481 e. The Labute approximate surface area is 785 Å². The molecule has 41 heteroatoms. The van der Waals surface area contributed by atoms with E-state index in [9.17, 15) is 112 Å². The van der Waals surface area contributed by atoms with Crippen LogP contribution in [0.25, 0.3) is 0 Å². The van der Waals surface area contributed by atoms with E-state index in [-0.39, 0.29) is 264 Å². The van der Waals surface area contributed by atoms with Crippen LogP contribution in [-0.2, 0) is 129 Å². The highest BCUT2D eigenvalue weighted by Crippen LogP contribution is 2.26. The van der Waals surface area contributed by atoms with Gasteiger partial charge in [0, 0.05) is 137 Å². The van der Waals surface area contributed by atoms with Gasteiger partial charge in [0.1, 0.15) is 73.7 Å². The molecule has 6 atom stereocenters. The number of amides is 8. The number of ether oxygens (including phenoxy) is 8. The molecule has 0 saturated carbocycles. The summed E-state index contributed by atoms with van der Waals surface area (Å²) in [6, 6.07) is -5.42. The lowest BCUT2D eigenvalue weighted by Crippen LogP contribution is -2.44. The van der Waals surface area contributed by atoms with Crippen LogP contribution in [-0.4, -0.2) is 299 Å². The predicted molar refractivity (Wildman–Crippen MR) is 490 cm³/mol. The number of carbonyl (C=O) groups is 19. The number of nitrogens with one attached hydrogen (secondary N) is 8. The van der Waals surface area contributed by atoms with E-state index in [1.165, 1.54) is 6.92 Å². The summed E-state index contributed by atoms with van der Waals surface area (Å²) in [6.07, 6.45) is 18.2. The number of unbranched alkanes of at least 4 members (excludes halogenated alkanes) is 17. The number of carboxylic acids is 6. The third-order valence-electron chi connectivity index (χ3n) is 20.7. The quantitative estimate of drug-likeness (QED) is 0.0266. The fourth-order valence-electron chi connectivity index (χ4n) is 12.6. The second-order valence-electron chi connectivity index (χ2n) is 33.7. The van der Waals surface area contributed by atoms with Crippen LogP contribution in [0.4, 0.5) is 0 Å². The van der Waals surface area contributed by atoms with Gasteiger partial charge in [0.25, 0.3) is 0 Å². The highest BCUT2D eigenvalue weighted by Gasteiger charge is 2.31. The molecule has 0 aromatic rings. The third-order valence-corrected chi connectivity index (χ3v) is 20.7. The molecule has 0 heterocycles. The lowest BCUT2D eigenvalue weighted by atomic mass is 9.80. The Balaban J connectivity index is -0.00000128. The van der Waals surface area contributed by atoms with Crippen LogP contribution in [0.5, 0.6) is 0 Å². The highest BCUT2D eigenvalue weighted by molar-refractivity contribution is 5.93. The number of hydrogen-bond acceptors (Lipinski definition) is 27. The summed E-state index contributed by atoms with van der Waals surface area (Å²) in [7, 11) is 0. The first-order valence-corrected chi connectivity index (χ1v) is 47.2. The van der Waals surface area contributed by atoms with Crippen molar-refractivity contribution in [3.63, 3.8) is 0 Å². The zero-order valence-electron chi connectivity index (χ0n) is 79.6. The SMILES string of the molecule is CC(=O)[C@H](C)CC(=O)[C@H](CCCCNC(=O)COCCOCCCC(=O)COCCOCCNC(=O)CC[C@H](NC(=O)CC[C@H](NC(=O)CCCCCCCCCCC(=O)O)C(=O)O)C(=O)O)CC(=O)C(C)(C)C.CCCCCNC(=O)COCCOCCNC(=O)COCCOCCCC(=O)CC[C@H](NC(=O)CC[C@H](NC(=O)CCCCCCCCCCC(=O)O)C(=O)O)C(=O)O.[HH].[HH]. The summed E-state index contributed by atoms with van der Waals surface area (Å²) in [4.78, 5) is 227. The average Bonchev–Trinajstić information content (AvgIpc) is 0.875. The van der Waals surface area contributed by atoms with Crippen molar-refractivity contribution in [3.8, 4) is 0 Å². The molecule has 0 aliphatic carbocycles. The Bertz CT molecular complexity index is 3390. The van der Waals surface area contributed by atoms with Crippen LogP contribution >= 0.6 is 0 Å². The average molecular weight is 1910 g/mol. The van der Waals surface area contributed by atoms with Gasteiger partial charge in [-0.2, -0.15) is 0 Å². The molecule has 41 nitrogen and oxygen atoms in total. The molecule has 0 aromatic carbocycles. The number of carbonyl (C=O) groups excluding carboxylic acids is 13. The molecule has 8 amide bonds. The molecule has 14 N–H and O–H groups in total. The molecule has 0 aromatic heterocycles. The number of carboxylic acid groups (broad SMARTS) is 6. The van der Waals surface area contributed by atoms with Gasteiger partial charge in [-0.3, -0.25) is 71.9 Å². The van der Waals surface area contributed by atoms with Gasteiger partial charge in [-0.25, -0.2) is 19.2 Å². The van der Waals surface area contributed by atoms with Gasteiger partial charge in [0.2, 0.25) is 47.3 Å². The largest absolute Gasteiger partial charge is 0.481 e. The maximum atomic E-state index is 12.9. The maximum Gasteiger partial charge on any atom is 0.326 e. The Morgan fingerprint density at radius 1 is 0.286 bits per heavy atom. The minimum absolute atomic E-state index is 0. The molecule has 0 rings (SSSR count). The highest BCUT2D eigenvalue weighted by atomic mass is 16.5. The lowest BCUT2D eigenvalue weighted by molar-refractivity contribution is -0.143. The van der Waals surface area contributed by atoms with Crippen LogP contribution in [0.1, 0.15) is 301 Å². The monoisotopic (exact) mass is 1910 g/mol. The molecule has 0 aliphatic rings. The van der Waals surface area contributed by atoms with E-state index in [0.29, 0.717) is 77.5 Å². The van der Waals surface area contributed by atoms with E-state index < -0.39 is 107 Å². The van der Waals surface area contributed by atoms with Gasteiger partial charge in [-0.05, 0) is 90.4 Å². The van der Waals surface area contributed by atoms with Crippen molar-refractivity contribution in [1.82, 2.24) is 42.5 Å². The van der Waals surface area contributed by atoms with E-state index >= 15 is 0 Å². The van der Waals surface area contributed by atoms with Crippen molar-refractivity contribution < 1.29 is 162 Å². The van der Waals surface area contributed by atoms with E-state index in [2.05, 4.69) is 49.5 Å². The van der Waals surface area contributed by atoms with Gasteiger partial charge < -0.3 is 111 Å². The summed E-state index contributed by atoms with van der Waals surface area (Å²) >= 11 is 0. The molecule has 0 saturated heterocycles. The first-order chi connectivity index (χ1) is 63.4. The fourth-order valence-corrected chi connectivity index (χ4v) is 12.6. The van der Waals surface area contributed by atoms with Crippen LogP contribution in [0.3, 0.4) is 0 Å².